The zero-order valence-corrected chi connectivity index (χ0v) is 11.5. The molecular weight excluding hydrogens is 290 g/mol. The predicted octanol–water partition coefficient (Wildman–Crippen LogP) is 2.33. The van der Waals surface area contributed by atoms with Crippen molar-refractivity contribution in [3.63, 3.8) is 0 Å². The van der Waals surface area contributed by atoms with Crippen LogP contribution in [-0.4, -0.2) is 22.8 Å². The lowest BCUT2D eigenvalue weighted by Gasteiger charge is -2.07. The van der Waals surface area contributed by atoms with Crippen molar-refractivity contribution in [1.29, 1.82) is 0 Å². The fourth-order valence-corrected chi connectivity index (χ4v) is 2.10. The second-order valence-electron chi connectivity index (χ2n) is 4.42. The van der Waals surface area contributed by atoms with E-state index in [0.29, 0.717) is 0 Å². The number of phenolic OH excluding ortho intramolecular Hbond substituents is 1. The molecule has 0 spiro atoms. The van der Waals surface area contributed by atoms with Crippen molar-refractivity contribution >= 4 is 16.9 Å². The van der Waals surface area contributed by atoms with Gasteiger partial charge in [0, 0.05) is 12.1 Å². The highest BCUT2D eigenvalue weighted by molar-refractivity contribution is 5.97. The van der Waals surface area contributed by atoms with E-state index in [2.05, 4.69) is 5.16 Å². The van der Waals surface area contributed by atoms with Gasteiger partial charge in [0.05, 0.1) is 12.0 Å². The van der Waals surface area contributed by atoms with E-state index in [4.69, 9.17) is 13.7 Å². The minimum atomic E-state index is -0.789. The van der Waals surface area contributed by atoms with Gasteiger partial charge in [0.1, 0.15) is 28.9 Å². The van der Waals surface area contributed by atoms with Crippen LogP contribution in [0.15, 0.2) is 44.3 Å². The molecule has 0 bridgehead atoms. The molecule has 0 aliphatic heterocycles. The van der Waals surface area contributed by atoms with Crippen molar-refractivity contribution in [1.82, 2.24) is 5.16 Å². The number of fused-ring (bicyclic) bond motifs is 1. The van der Waals surface area contributed by atoms with Crippen LogP contribution in [0.2, 0.25) is 0 Å². The summed E-state index contributed by atoms with van der Waals surface area (Å²) in [6.07, 6.45) is 1.28. The zero-order chi connectivity index (χ0) is 15.7. The van der Waals surface area contributed by atoms with Crippen LogP contribution < -0.4 is 5.43 Å². The van der Waals surface area contributed by atoms with E-state index in [-0.39, 0.29) is 40.3 Å². The van der Waals surface area contributed by atoms with Crippen molar-refractivity contribution in [2.24, 2.45) is 0 Å². The van der Waals surface area contributed by atoms with Gasteiger partial charge in [-0.2, -0.15) is 0 Å². The first kappa shape index (κ1) is 13.9. The van der Waals surface area contributed by atoms with Crippen LogP contribution in [0.25, 0.3) is 22.2 Å². The summed E-state index contributed by atoms with van der Waals surface area (Å²) in [7, 11) is 0. The number of aromatic hydroxyl groups is 1. The third-order valence-electron chi connectivity index (χ3n) is 3.03. The van der Waals surface area contributed by atoms with E-state index in [9.17, 15) is 14.7 Å². The molecule has 0 saturated carbocycles. The van der Waals surface area contributed by atoms with Gasteiger partial charge in [-0.25, -0.2) is 4.79 Å². The highest BCUT2D eigenvalue weighted by Crippen LogP contribution is 2.26. The van der Waals surface area contributed by atoms with Crippen molar-refractivity contribution in [3.05, 3.63) is 46.5 Å². The molecule has 1 N–H and O–H groups in total. The van der Waals surface area contributed by atoms with E-state index >= 15 is 0 Å². The number of hydrogen-bond acceptors (Lipinski definition) is 7. The average molecular weight is 301 g/mol. The van der Waals surface area contributed by atoms with Crippen LogP contribution >= 0.6 is 0 Å². The summed E-state index contributed by atoms with van der Waals surface area (Å²) in [5, 5.41) is 13.4. The van der Waals surface area contributed by atoms with Crippen molar-refractivity contribution in [2.45, 2.75) is 6.92 Å². The summed E-state index contributed by atoms with van der Waals surface area (Å²) < 4.78 is 15.1. The first-order valence-corrected chi connectivity index (χ1v) is 6.49. The van der Waals surface area contributed by atoms with Crippen molar-refractivity contribution < 1.29 is 23.6 Å². The number of phenols is 1. The summed E-state index contributed by atoms with van der Waals surface area (Å²) in [5.41, 5.74) is -0.240. The Morgan fingerprint density at radius 1 is 1.36 bits per heavy atom. The van der Waals surface area contributed by atoms with Gasteiger partial charge in [-0.3, -0.25) is 4.79 Å². The molecule has 0 fully saturated rings. The Balaban J connectivity index is 2.37. The van der Waals surface area contributed by atoms with E-state index in [1.807, 2.05) is 0 Å². The maximum Gasteiger partial charge on any atom is 0.375 e. The van der Waals surface area contributed by atoms with Crippen LogP contribution in [0.5, 0.6) is 5.75 Å². The minimum Gasteiger partial charge on any atom is -0.508 e. The third kappa shape index (κ3) is 2.22. The summed E-state index contributed by atoms with van der Waals surface area (Å²) in [4.78, 5) is 24.7. The molecule has 3 rings (SSSR count). The number of nitrogens with zero attached hydrogens (tertiary/aromatic N) is 1. The Kier molecular flexibility index (Phi) is 3.38. The highest BCUT2D eigenvalue weighted by Gasteiger charge is 2.24. The zero-order valence-electron chi connectivity index (χ0n) is 11.5. The van der Waals surface area contributed by atoms with E-state index in [0.717, 1.165) is 0 Å². The first-order valence-electron chi connectivity index (χ1n) is 6.49. The number of rotatable bonds is 3. The molecule has 22 heavy (non-hydrogen) atoms. The highest BCUT2D eigenvalue weighted by atomic mass is 16.5. The Labute approximate surface area is 123 Å². The number of carbonyl (C=O) groups is 1. The Morgan fingerprint density at radius 2 is 2.18 bits per heavy atom. The molecule has 3 aromatic rings. The lowest BCUT2D eigenvalue weighted by molar-refractivity contribution is 0.0492. The maximum atomic E-state index is 12.6. The van der Waals surface area contributed by atoms with Gasteiger partial charge in [0.25, 0.3) is 0 Å². The van der Waals surface area contributed by atoms with Gasteiger partial charge < -0.3 is 18.8 Å². The molecule has 112 valence electrons. The van der Waals surface area contributed by atoms with Crippen LogP contribution in [0, 0.1) is 0 Å². The normalized spacial score (nSPS) is 10.8. The molecule has 7 nitrogen and oxygen atoms in total. The molecular formula is C15H11NO6. The lowest BCUT2D eigenvalue weighted by atomic mass is 10.1. The average Bonchev–Trinajstić information content (AvgIpc) is 3.00. The fraction of sp³-hybridized carbons (Fsp3) is 0.133. The molecule has 0 aliphatic carbocycles. The summed E-state index contributed by atoms with van der Waals surface area (Å²) in [5.74, 6) is -1.15. The summed E-state index contributed by atoms with van der Waals surface area (Å²) in [6.45, 7) is 1.76. The van der Waals surface area contributed by atoms with Crippen molar-refractivity contribution in [3.8, 4) is 17.0 Å². The molecule has 2 heterocycles. The number of esters is 1. The molecule has 0 saturated heterocycles. The molecule has 7 heteroatoms. The van der Waals surface area contributed by atoms with Gasteiger partial charge in [-0.05, 0) is 19.1 Å². The fourth-order valence-electron chi connectivity index (χ4n) is 2.10. The number of ether oxygens (including phenoxy) is 1. The third-order valence-corrected chi connectivity index (χ3v) is 3.03. The van der Waals surface area contributed by atoms with Gasteiger partial charge >= 0.3 is 5.97 Å². The lowest BCUT2D eigenvalue weighted by Crippen LogP contribution is -2.15. The minimum absolute atomic E-state index is 0.0367. The van der Waals surface area contributed by atoms with Gasteiger partial charge in [0.15, 0.2) is 0 Å². The molecule has 0 amide bonds. The SMILES string of the molecule is CCOC(=O)c1oc2cc(O)ccc2c(=O)c1-c1ccon1. The molecule has 0 radical (unpaired) electrons. The quantitative estimate of drug-likeness (QED) is 0.740. The summed E-state index contributed by atoms with van der Waals surface area (Å²) in [6, 6.07) is 5.47. The van der Waals surface area contributed by atoms with E-state index in [1.54, 1.807) is 6.92 Å². The molecule has 0 aliphatic rings. The van der Waals surface area contributed by atoms with Gasteiger partial charge in [0.2, 0.25) is 11.2 Å². The maximum absolute atomic E-state index is 12.6. The van der Waals surface area contributed by atoms with Gasteiger partial charge in [-0.1, -0.05) is 5.16 Å². The second-order valence-corrected chi connectivity index (χ2v) is 4.42. The summed E-state index contributed by atoms with van der Waals surface area (Å²) >= 11 is 0. The standard InChI is InChI=1S/C15H11NO6/c1-2-20-15(19)14-12(10-5-6-21-16-10)13(18)9-4-3-8(17)7-11(9)22-14/h3-7,17H,2H2,1H3. The van der Waals surface area contributed by atoms with Crippen LogP contribution in [0.1, 0.15) is 17.5 Å². The largest absolute Gasteiger partial charge is 0.508 e. The van der Waals surface area contributed by atoms with Crippen LogP contribution in [0.4, 0.5) is 0 Å². The molecule has 0 atom stereocenters. The Hall–Kier alpha value is -3.09. The van der Waals surface area contributed by atoms with Crippen LogP contribution in [-0.2, 0) is 4.74 Å². The van der Waals surface area contributed by atoms with Crippen molar-refractivity contribution in [2.75, 3.05) is 6.61 Å². The smallest absolute Gasteiger partial charge is 0.375 e. The Bertz CT molecular complexity index is 894. The van der Waals surface area contributed by atoms with E-state index < -0.39 is 11.4 Å². The molecule has 1 aromatic carbocycles. The topological polar surface area (TPSA) is 103 Å². The monoisotopic (exact) mass is 301 g/mol. The number of hydrogen-bond donors (Lipinski definition) is 1. The number of carbonyl (C=O) groups excluding carboxylic acids is 1. The Morgan fingerprint density at radius 3 is 2.86 bits per heavy atom. The predicted molar refractivity (Wildman–Crippen MR) is 75.6 cm³/mol. The number of benzene rings is 1. The second kappa shape index (κ2) is 5.36. The first-order chi connectivity index (χ1) is 10.6. The van der Waals surface area contributed by atoms with Crippen LogP contribution in [0.3, 0.4) is 0 Å². The van der Waals surface area contributed by atoms with E-state index in [1.165, 1.54) is 30.5 Å². The number of aromatic nitrogens is 1. The van der Waals surface area contributed by atoms with Gasteiger partial charge in [-0.15, -0.1) is 0 Å². The molecule has 2 aromatic heterocycles. The molecule has 0 unspecified atom stereocenters.